The Balaban J connectivity index is 1.28. The van der Waals surface area contributed by atoms with E-state index in [1.165, 1.54) is 4.90 Å². The Morgan fingerprint density at radius 1 is 1.03 bits per heavy atom. The molecule has 4 aliphatic rings. The summed E-state index contributed by atoms with van der Waals surface area (Å²) in [5.74, 6) is -4.02. The summed E-state index contributed by atoms with van der Waals surface area (Å²) in [5, 5.41) is 5.88. The number of carbonyl (C=O) groups excluding carboxylic acids is 3. The van der Waals surface area contributed by atoms with Gasteiger partial charge in [-0.15, -0.1) is 0 Å². The summed E-state index contributed by atoms with van der Waals surface area (Å²) in [7, 11) is 0. The van der Waals surface area contributed by atoms with E-state index in [1.807, 2.05) is 0 Å². The van der Waals surface area contributed by atoms with Gasteiger partial charge in [0.15, 0.2) is 0 Å². The molecule has 2 saturated carbocycles. The van der Waals surface area contributed by atoms with Crippen molar-refractivity contribution in [2.75, 3.05) is 0 Å². The number of hydrogen-bond acceptors (Lipinski definition) is 4. The van der Waals surface area contributed by atoms with E-state index in [9.17, 15) is 23.2 Å². The average molecular weight is 492 g/mol. The van der Waals surface area contributed by atoms with Crippen LogP contribution in [0.2, 0.25) is 0 Å². The van der Waals surface area contributed by atoms with Gasteiger partial charge in [-0.3, -0.25) is 19.7 Å². The lowest BCUT2D eigenvalue weighted by Gasteiger charge is -2.38. The first-order chi connectivity index (χ1) is 16.7. The molecule has 2 N–H and O–H groups in total. The number of fused-ring (bicyclic) bond motifs is 1. The third-order valence-corrected chi connectivity index (χ3v) is 8.29. The van der Waals surface area contributed by atoms with Crippen molar-refractivity contribution in [3.05, 3.63) is 34.6 Å². The quantitative estimate of drug-likeness (QED) is 0.614. The second-order valence-corrected chi connectivity index (χ2v) is 10.6. The molecule has 0 bridgehead atoms. The Bertz CT molecular complexity index is 1020. The third kappa shape index (κ3) is 4.97. The molecule has 3 atom stereocenters. The molecular formula is C26H32F3N3O3. The van der Waals surface area contributed by atoms with Crippen LogP contribution in [0.3, 0.4) is 0 Å². The summed E-state index contributed by atoms with van der Waals surface area (Å²) < 4.78 is 42.7. The first kappa shape index (κ1) is 24.3. The number of carbonyl (C=O) groups is 3. The maximum Gasteiger partial charge on any atom is 0.255 e. The van der Waals surface area contributed by atoms with Crippen LogP contribution in [0.25, 0.3) is 0 Å². The molecule has 2 aliphatic carbocycles. The van der Waals surface area contributed by atoms with Crippen molar-refractivity contribution in [1.82, 2.24) is 15.5 Å². The van der Waals surface area contributed by atoms with Crippen LogP contribution in [0.15, 0.2) is 12.1 Å². The molecule has 3 amide bonds. The van der Waals surface area contributed by atoms with Crippen molar-refractivity contribution in [2.45, 2.75) is 101 Å². The summed E-state index contributed by atoms with van der Waals surface area (Å²) in [4.78, 5) is 38.0. The van der Waals surface area contributed by atoms with E-state index in [0.717, 1.165) is 25.7 Å². The number of piperidine rings is 1. The van der Waals surface area contributed by atoms with Crippen LogP contribution in [-0.2, 0) is 22.6 Å². The molecule has 0 spiro atoms. The summed E-state index contributed by atoms with van der Waals surface area (Å²) >= 11 is 0. The Kier molecular flexibility index (Phi) is 6.63. The SMILES string of the molecule is O=C1CCC(N2Cc3c(ccc(CC4CCCCC4NC4CCC(F)(F)CC4)c3F)C2=O)C(=O)N1. The molecule has 5 rings (SSSR count). The van der Waals surface area contributed by atoms with Crippen LogP contribution < -0.4 is 10.6 Å². The minimum atomic E-state index is -2.56. The van der Waals surface area contributed by atoms with Gasteiger partial charge in [-0.2, -0.15) is 0 Å². The Hall–Kier alpha value is -2.42. The van der Waals surface area contributed by atoms with Crippen molar-refractivity contribution in [1.29, 1.82) is 0 Å². The maximum absolute atomic E-state index is 15.6. The van der Waals surface area contributed by atoms with Gasteiger partial charge in [0.2, 0.25) is 17.7 Å². The number of hydrogen-bond donors (Lipinski definition) is 2. The van der Waals surface area contributed by atoms with Crippen molar-refractivity contribution in [3.63, 3.8) is 0 Å². The molecule has 0 radical (unpaired) electrons. The van der Waals surface area contributed by atoms with Crippen LogP contribution in [0, 0.1) is 11.7 Å². The Morgan fingerprint density at radius 3 is 2.51 bits per heavy atom. The van der Waals surface area contributed by atoms with E-state index in [2.05, 4.69) is 10.6 Å². The fourth-order valence-electron chi connectivity index (χ4n) is 6.27. The molecule has 35 heavy (non-hydrogen) atoms. The number of halogens is 3. The number of alkyl halides is 2. The smallest absolute Gasteiger partial charge is 0.255 e. The van der Waals surface area contributed by atoms with Crippen molar-refractivity contribution >= 4 is 17.7 Å². The molecule has 1 aromatic rings. The average Bonchev–Trinajstić information content (AvgIpc) is 3.15. The molecule has 2 aliphatic heterocycles. The molecule has 3 unspecified atom stereocenters. The first-order valence-corrected chi connectivity index (χ1v) is 12.8. The lowest BCUT2D eigenvalue weighted by atomic mass is 9.79. The zero-order valence-electron chi connectivity index (χ0n) is 19.8. The molecule has 2 heterocycles. The summed E-state index contributed by atoms with van der Waals surface area (Å²) in [6.45, 7) is 0.0166. The zero-order valence-corrected chi connectivity index (χ0v) is 19.8. The first-order valence-electron chi connectivity index (χ1n) is 12.8. The molecule has 9 heteroatoms. The summed E-state index contributed by atoms with van der Waals surface area (Å²) in [6, 6.07) is 2.79. The molecular weight excluding hydrogens is 459 g/mol. The Morgan fingerprint density at radius 2 is 1.77 bits per heavy atom. The number of nitrogens with one attached hydrogen (secondary N) is 2. The number of nitrogens with zero attached hydrogens (tertiary/aromatic N) is 1. The van der Waals surface area contributed by atoms with Gasteiger partial charge in [-0.05, 0) is 56.1 Å². The number of rotatable bonds is 5. The van der Waals surface area contributed by atoms with Gasteiger partial charge in [-0.1, -0.05) is 18.9 Å². The van der Waals surface area contributed by atoms with E-state index < -0.39 is 23.7 Å². The van der Waals surface area contributed by atoms with E-state index in [1.54, 1.807) is 12.1 Å². The lowest BCUT2D eigenvalue weighted by molar-refractivity contribution is -0.136. The van der Waals surface area contributed by atoms with E-state index in [-0.39, 0.29) is 67.6 Å². The van der Waals surface area contributed by atoms with Crippen LogP contribution >= 0.6 is 0 Å². The molecule has 6 nitrogen and oxygen atoms in total. The summed E-state index contributed by atoms with van der Waals surface area (Å²) in [5.41, 5.74) is 1.14. The maximum atomic E-state index is 15.6. The van der Waals surface area contributed by atoms with Crippen LogP contribution in [0.4, 0.5) is 13.2 Å². The van der Waals surface area contributed by atoms with Gasteiger partial charge in [0, 0.05) is 42.5 Å². The van der Waals surface area contributed by atoms with Gasteiger partial charge in [0.05, 0.1) is 6.54 Å². The number of amides is 3. The normalized spacial score (nSPS) is 29.3. The lowest BCUT2D eigenvalue weighted by Crippen LogP contribution is -2.52. The fraction of sp³-hybridized carbons (Fsp3) is 0.654. The predicted octanol–water partition coefficient (Wildman–Crippen LogP) is 3.86. The minimum Gasteiger partial charge on any atom is -0.322 e. The topological polar surface area (TPSA) is 78.5 Å². The van der Waals surface area contributed by atoms with Gasteiger partial charge >= 0.3 is 0 Å². The third-order valence-electron chi connectivity index (χ3n) is 8.29. The summed E-state index contributed by atoms with van der Waals surface area (Å²) in [6.07, 6.45) is 5.68. The van der Waals surface area contributed by atoms with E-state index in [0.29, 0.717) is 30.4 Å². The fourth-order valence-corrected chi connectivity index (χ4v) is 6.27. The van der Waals surface area contributed by atoms with E-state index in [4.69, 9.17) is 0 Å². The Labute approximate surface area is 203 Å². The second kappa shape index (κ2) is 9.56. The number of imide groups is 1. The highest BCUT2D eigenvalue weighted by Gasteiger charge is 2.41. The van der Waals surface area contributed by atoms with E-state index >= 15 is 4.39 Å². The van der Waals surface area contributed by atoms with Gasteiger partial charge in [-0.25, -0.2) is 13.2 Å². The van der Waals surface area contributed by atoms with Crippen molar-refractivity contribution < 1.29 is 27.6 Å². The standard InChI is InChI=1S/C26H32F3N3O3/c27-23-16(13-15-3-1-2-4-20(15)30-17-9-11-26(28,29)12-10-17)5-6-18-19(23)14-32(25(18)35)21-7-8-22(33)31-24(21)34/h5-6,15,17,20-21,30H,1-4,7-14H2,(H,31,33,34). The van der Waals surface area contributed by atoms with Crippen molar-refractivity contribution in [2.24, 2.45) is 5.92 Å². The predicted molar refractivity (Wildman–Crippen MR) is 122 cm³/mol. The van der Waals surface area contributed by atoms with Crippen LogP contribution in [-0.4, -0.2) is 46.7 Å². The minimum absolute atomic E-state index is 0.0166. The number of benzene rings is 1. The second-order valence-electron chi connectivity index (χ2n) is 10.6. The zero-order chi connectivity index (χ0) is 24.7. The molecule has 3 fully saturated rings. The van der Waals surface area contributed by atoms with Gasteiger partial charge in [0.25, 0.3) is 5.91 Å². The van der Waals surface area contributed by atoms with Crippen molar-refractivity contribution in [3.8, 4) is 0 Å². The highest BCUT2D eigenvalue weighted by Crippen LogP contribution is 2.36. The molecule has 1 saturated heterocycles. The molecule has 1 aromatic carbocycles. The highest BCUT2D eigenvalue weighted by atomic mass is 19.3. The van der Waals surface area contributed by atoms with Crippen LogP contribution in [0.1, 0.15) is 85.7 Å². The van der Waals surface area contributed by atoms with Crippen LogP contribution in [0.5, 0.6) is 0 Å². The monoisotopic (exact) mass is 491 g/mol. The highest BCUT2D eigenvalue weighted by molar-refractivity contribution is 6.05. The molecule has 0 aromatic heterocycles. The van der Waals surface area contributed by atoms with Gasteiger partial charge < -0.3 is 10.2 Å². The molecule has 190 valence electrons. The van der Waals surface area contributed by atoms with Gasteiger partial charge in [0.1, 0.15) is 11.9 Å². The largest absolute Gasteiger partial charge is 0.322 e.